The first kappa shape index (κ1) is 19.1. The molecule has 1 unspecified atom stereocenters. The van der Waals surface area contributed by atoms with Crippen molar-refractivity contribution in [2.45, 2.75) is 31.6 Å². The number of halogens is 1. The average molecular weight is 388 g/mol. The molecule has 2 aromatic carbocycles. The van der Waals surface area contributed by atoms with Crippen molar-refractivity contribution < 1.29 is 13.9 Å². The van der Waals surface area contributed by atoms with Crippen LogP contribution in [-0.4, -0.2) is 18.6 Å². The number of aliphatic imine (C=N–C) groups is 1. The highest BCUT2D eigenvalue weighted by Gasteiger charge is 2.41. The lowest BCUT2D eigenvalue weighted by Crippen LogP contribution is -2.32. The van der Waals surface area contributed by atoms with E-state index < -0.39 is 11.8 Å². The summed E-state index contributed by atoms with van der Waals surface area (Å²) in [4.78, 5) is 17.9. The van der Waals surface area contributed by atoms with Crippen molar-refractivity contribution in [1.82, 2.24) is 0 Å². The van der Waals surface area contributed by atoms with Crippen LogP contribution in [0.5, 0.6) is 5.75 Å². The summed E-state index contributed by atoms with van der Waals surface area (Å²) in [7, 11) is 1.62. The topological polar surface area (TPSA) is 62.4 Å². The van der Waals surface area contributed by atoms with Gasteiger partial charge in [0.2, 0.25) is 0 Å². The lowest BCUT2D eigenvalue weighted by atomic mass is 9.69. The van der Waals surface area contributed by atoms with Crippen LogP contribution in [0.2, 0.25) is 0 Å². The fraction of sp³-hybridized carbons (Fsp3) is 0.292. The Morgan fingerprint density at radius 3 is 2.34 bits per heavy atom. The highest BCUT2D eigenvalue weighted by molar-refractivity contribution is 6.03. The van der Waals surface area contributed by atoms with Gasteiger partial charge in [0.1, 0.15) is 11.6 Å². The molecule has 0 amide bonds. The van der Waals surface area contributed by atoms with E-state index in [4.69, 9.17) is 4.74 Å². The molecule has 2 aromatic rings. The molecule has 0 N–H and O–H groups in total. The number of rotatable bonds is 3. The van der Waals surface area contributed by atoms with E-state index in [0.29, 0.717) is 24.1 Å². The van der Waals surface area contributed by atoms with Crippen LogP contribution >= 0.6 is 0 Å². The van der Waals surface area contributed by atoms with E-state index >= 15 is 0 Å². The molecule has 146 valence electrons. The van der Waals surface area contributed by atoms with Crippen molar-refractivity contribution in [3.63, 3.8) is 0 Å². The number of allylic oxidation sites excluding steroid dienone is 2. The number of methoxy groups -OCH3 is 1. The van der Waals surface area contributed by atoms with E-state index in [1.807, 2.05) is 31.2 Å². The summed E-state index contributed by atoms with van der Waals surface area (Å²) in [6.45, 7) is 1.83. The normalized spacial score (nSPS) is 23.9. The molecule has 3 atom stereocenters. The largest absolute Gasteiger partial charge is 0.497 e. The highest BCUT2D eigenvalue weighted by Crippen LogP contribution is 2.46. The molecule has 0 aromatic heterocycles. The number of nitriles is 1. The summed E-state index contributed by atoms with van der Waals surface area (Å²) in [6, 6.07) is 16.1. The van der Waals surface area contributed by atoms with Crippen LogP contribution < -0.4 is 4.74 Å². The van der Waals surface area contributed by atoms with E-state index in [-0.39, 0.29) is 17.5 Å². The fourth-order valence-corrected chi connectivity index (χ4v) is 4.37. The van der Waals surface area contributed by atoms with E-state index in [1.165, 1.54) is 12.1 Å². The molecule has 0 fully saturated rings. The van der Waals surface area contributed by atoms with E-state index in [2.05, 4.69) is 11.1 Å². The first-order valence-corrected chi connectivity index (χ1v) is 9.62. The Kier molecular flexibility index (Phi) is 5.02. The maximum Gasteiger partial charge on any atom is 0.161 e. The Morgan fingerprint density at radius 1 is 1.07 bits per heavy atom. The third-order valence-electron chi connectivity index (χ3n) is 5.84. The number of carbonyl (C=O) groups excluding carboxylic acids is 1. The summed E-state index contributed by atoms with van der Waals surface area (Å²) >= 11 is 0. The van der Waals surface area contributed by atoms with Crippen molar-refractivity contribution >= 4 is 11.5 Å². The molecule has 0 radical (unpaired) electrons. The first-order chi connectivity index (χ1) is 14.0. The zero-order valence-electron chi connectivity index (χ0n) is 16.4. The van der Waals surface area contributed by atoms with Gasteiger partial charge in [-0.1, -0.05) is 24.3 Å². The van der Waals surface area contributed by atoms with Gasteiger partial charge in [-0.2, -0.15) is 5.26 Å². The molecule has 1 aliphatic carbocycles. The molecular formula is C24H21FN2O2. The molecule has 29 heavy (non-hydrogen) atoms. The van der Waals surface area contributed by atoms with Crippen molar-refractivity contribution in [1.29, 1.82) is 5.26 Å². The predicted molar refractivity (Wildman–Crippen MR) is 108 cm³/mol. The Labute approximate surface area is 169 Å². The Morgan fingerprint density at radius 2 is 1.72 bits per heavy atom. The number of hydrogen-bond acceptors (Lipinski definition) is 4. The second kappa shape index (κ2) is 7.63. The van der Waals surface area contributed by atoms with Crippen molar-refractivity contribution in [2.24, 2.45) is 10.9 Å². The number of ether oxygens (including phenoxy) is 1. The zero-order valence-corrected chi connectivity index (χ0v) is 16.4. The second-order valence-electron chi connectivity index (χ2n) is 7.55. The van der Waals surface area contributed by atoms with Gasteiger partial charge in [0.25, 0.3) is 0 Å². The number of hydrogen-bond donors (Lipinski definition) is 0. The molecule has 0 saturated heterocycles. The van der Waals surface area contributed by atoms with Gasteiger partial charge in [-0.15, -0.1) is 0 Å². The predicted octanol–water partition coefficient (Wildman–Crippen LogP) is 4.93. The summed E-state index contributed by atoms with van der Waals surface area (Å²) in [5.74, 6) is -0.449. The monoisotopic (exact) mass is 388 g/mol. The molecule has 4 rings (SSSR count). The molecule has 0 saturated carbocycles. The van der Waals surface area contributed by atoms with Gasteiger partial charge in [-0.3, -0.25) is 9.79 Å². The van der Waals surface area contributed by atoms with Gasteiger partial charge >= 0.3 is 0 Å². The van der Waals surface area contributed by atoms with Gasteiger partial charge in [-0.05, 0) is 54.7 Å². The van der Waals surface area contributed by atoms with Crippen LogP contribution in [0.25, 0.3) is 0 Å². The van der Waals surface area contributed by atoms with Crippen molar-refractivity contribution in [3.05, 3.63) is 76.7 Å². The number of Topliss-reactive ketones (excluding diaryl/α,β-unsaturated/α-hetero) is 1. The molecule has 5 heteroatoms. The SMILES string of the molecule is COc1ccc([C@H]2CC(=O)C3=C(C2)N=C(C)C(C#N)[C@H]3c2ccc(F)cc2)cc1. The second-order valence-corrected chi connectivity index (χ2v) is 7.55. The number of carbonyl (C=O) groups is 1. The van der Waals surface area contributed by atoms with Crippen LogP contribution in [0.4, 0.5) is 4.39 Å². The molecule has 0 bridgehead atoms. The maximum atomic E-state index is 13.4. The molecule has 2 aliphatic rings. The highest BCUT2D eigenvalue weighted by atomic mass is 19.1. The van der Waals surface area contributed by atoms with Crippen LogP contribution in [-0.2, 0) is 4.79 Å². The fourth-order valence-electron chi connectivity index (χ4n) is 4.37. The minimum atomic E-state index is -0.527. The molecule has 4 nitrogen and oxygen atoms in total. The van der Waals surface area contributed by atoms with Gasteiger partial charge < -0.3 is 4.74 Å². The lowest BCUT2D eigenvalue weighted by molar-refractivity contribution is -0.116. The van der Waals surface area contributed by atoms with Crippen LogP contribution in [0.3, 0.4) is 0 Å². The Balaban J connectivity index is 1.74. The van der Waals surface area contributed by atoms with Crippen LogP contribution in [0, 0.1) is 23.1 Å². The van der Waals surface area contributed by atoms with Gasteiger partial charge in [-0.25, -0.2) is 4.39 Å². The van der Waals surface area contributed by atoms with Gasteiger partial charge in [0, 0.05) is 29.3 Å². The average Bonchev–Trinajstić information content (AvgIpc) is 2.73. The maximum absolute atomic E-state index is 13.4. The number of ketones is 1. The minimum Gasteiger partial charge on any atom is -0.497 e. The van der Waals surface area contributed by atoms with Crippen LogP contribution in [0.15, 0.2) is 64.8 Å². The summed E-state index contributed by atoms with van der Waals surface area (Å²) in [5, 5.41) is 9.75. The molecular weight excluding hydrogens is 367 g/mol. The third-order valence-corrected chi connectivity index (χ3v) is 5.84. The van der Waals surface area contributed by atoms with Gasteiger partial charge in [0.05, 0.1) is 19.1 Å². The molecule has 1 heterocycles. The van der Waals surface area contributed by atoms with Crippen molar-refractivity contribution in [2.75, 3.05) is 7.11 Å². The quantitative estimate of drug-likeness (QED) is 0.749. The summed E-state index contributed by atoms with van der Waals surface area (Å²) in [6.07, 6.45) is 1.01. The first-order valence-electron chi connectivity index (χ1n) is 9.62. The van der Waals surface area contributed by atoms with Gasteiger partial charge in [0.15, 0.2) is 5.78 Å². The minimum absolute atomic E-state index is 0.0119. The smallest absolute Gasteiger partial charge is 0.161 e. The van der Waals surface area contributed by atoms with Crippen molar-refractivity contribution in [3.8, 4) is 11.8 Å². The number of benzene rings is 2. The van der Waals surface area contributed by atoms with E-state index in [9.17, 15) is 14.4 Å². The summed E-state index contributed by atoms with van der Waals surface area (Å²) in [5.41, 5.74) is 3.90. The molecule has 1 aliphatic heterocycles. The lowest BCUT2D eigenvalue weighted by Gasteiger charge is -2.35. The number of nitrogens with zero attached hydrogens (tertiary/aromatic N) is 2. The Hall–Kier alpha value is -3.26. The Bertz CT molecular complexity index is 1050. The zero-order chi connectivity index (χ0) is 20.5. The third kappa shape index (κ3) is 3.47. The van der Waals surface area contributed by atoms with E-state index in [0.717, 1.165) is 22.6 Å². The summed E-state index contributed by atoms with van der Waals surface area (Å²) < 4.78 is 18.7. The standard InChI is InChI=1S/C24H21FN2O2/c1-14-20(13-26)23(16-3-7-18(25)8-4-16)24-21(27-14)11-17(12-22(24)28)15-5-9-19(29-2)10-6-15/h3-10,17,20,23H,11-12H2,1-2H3/t17-,20?,23-/m1/s1. The van der Waals surface area contributed by atoms with Crippen LogP contribution in [0.1, 0.15) is 42.7 Å². The van der Waals surface area contributed by atoms with E-state index in [1.54, 1.807) is 19.2 Å². The molecule has 0 spiro atoms.